The number of likely N-dealkylation sites (tertiary alicyclic amines) is 1. The van der Waals surface area contributed by atoms with E-state index < -0.39 is 84.2 Å². The number of piperidine rings is 1. The Morgan fingerprint density at radius 2 is 0.643 bits per heavy atom. The van der Waals surface area contributed by atoms with E-state index in [-0.39, 0.29) is 31.4 Å². The molecule has 3 fully saturated rings. The first-order valence-corrected chi connectivity index (χ1v) is 29.9. The van der Waals surface area contributed by atoms with Gasteiger partial charge in [-0.2, -0.15) is 65.9 Å². The number of carbonyl (C=O) groups excluding carboxylic acids is 1. The van der Waals surface area contributed by atoms with Crippen LogP contribution in [0.3, 0.4) is 0 Å². The van der Waals surface area contributed by atoms with Gasteiger partial charge in [-0.1, -0.05) is 75.3 Å². The van der Waals surface area contributed by atoms with Gasteiger partial charge in [0.15, 0.2) is 0 Å². The third-order valence-corrected chi connectivity index (χ3v) is 14.5. The van der Waals surface area contributed by atoms with Crippen LogP contribution < -0.4 is 4.90 Å². The third kappa shape index (κ3) is 40.1. The Morgan fingerprint density at radius 1 is 0.367 bits per heavy atom. The molecule has 3 heterocycles. The number of carbonyl (C=O) groups is 9. The molecule has 0 aromatic heterocycles. The number of hydrogen-bond donors (Lipinski definition) is 8. The summed E-state index contributed by atoms with van der Waals surface area (Å²) in [6.07, 6.45) is -10.5. The molecule has 3 saturated heterocycles. The summed E-state index contributed by atoms with van der Waals surface area (Å²) in [6, 6.07) is 17.2. The molecule has 560 valence electrons. The van der Waals surface area contributed by atoms with Crippen LogP contribution >= 0.6 is 0 Å². The number of halogens is 16. The smallest absolute Gasteiger partial charge is 0.480 e. The van der Waals surface area contributed by atoms with Crippen molar-refractivity contribution in [2.45, 2.75) is 126 Å². The lowest BCUT2D eigenvalue weighted by molar-refractivity contribution is -0.193. The number of anilines is 1. The van der Waals surface area contributed by atoms with Gasteiger partial charge in [0.2, 0.25) is 5.91 Å². The van der Waals surface area contributed by atoms with Gasteiger partial charge in [0, 0.05) is 77.7 Å². The van der Waals surface area contributed by atoms with Crippen LogP contribution in [0.25, 0.3) is 0 Å². The maximum absolute atomic E-state index is 14.2. The molecule has 24 nitrogen and oxygen atoms in total. The predicted octanol–water partition coefficient (Wildman–Crippen LogP) is 8.44. The Bertz CT molecular complexity index is 2570. The van der Waals surface area contributed by atoms with Gasteiger partial charge in [-0.15, -0.1) is 0 Å². The monoisotopic (exact) mass is 1450 g/mol. The second kappa shape index (κ2) is 44.2. The molecule has 98 heavy (non-hydrogen) atoms. The standard InChI is InChI=1S/C48H74FN7O7.5C2HF3O2/c49-42-20-18-41(19-21-42)15-11-14-25-50-27-22-48(23-28-50)47(63)55(40-56(48)43-16-9-8-10-17-43)26-13-7-5-3-1-2-4-6-12-24-51-29-31-52(37-44(57)58)33-35-54(39-46(61)62)36-34-53(32-30-51)38-45(59)60;5*3-2(4,5)1(6)7/h8-10,16-21H,1-7,11-15,22-40H2,(H,57,58)(H,59,60)(H,61,62);5*(H,6,7). The minimum atomic E-state index is -5.08. The van der Waals surface area contributed by atoms with E-state index in [4.69, 9.17) is 49.5 Å². The van der Waals surface area contributed by atoms with E-state index >= 15 is 0 Å². The highest BCUT2D eigenvalue weighted by Crippen LogP contribution is 2.40. The number of amides is 1. The molecule has 0 radical (unpaired) electrons. The van der Waals surface area contributed by atoms with Crippen LogP contribution in [-0.4, -0.2) is 272 Å². The van der Waals surface area contributed by atoms with Gasteiger partial charge in [-0.05, 0) is 87.9 Å². The lowest BCUT2D eigenvalue weighted by Crippen LogP contribution is -2.56. The van der Waals surface area contributed by atoms with Crippen molar-refractivity contribution in [3.8, 4) is 0 Å². The van der Waals surface area contributed by atoms with E-state index in [1.165, 1.54) is 37.0 Å². The zero-order valence-electron chi connectivity index (χ0n) is 52.5. The number of nitrogens with zero attached hydrogens (tertiary/aromatic N) is 7. The molecule has 8 N–H and O–H groups in total. The van der Waals surface area contributed by atoms with Crippen molar-refractivity contribution < 1.29 is 154 Å². The van der Waals surface area contributed by atoms with Gasteiger partial charge in [0.05, 0.1) is 26.3 Å². The summed E-state index contributed by atoms with van der Waals surface area (Å²) < 4.78 is 172. The molecule has 2 aromatic rings. The largest absolute Gasteiger partial charge is 0.490 e. The summed E-state index contributed by atoms with van der Waals surface area (Å²) in [7, 11) is 0. The number of aryl methyl sites for hydroxylation is 1. The fourth-order valence-electron chi connectivity index (χ4n) is 9.56. The van der Waals surface area contributed by atoms with E-state index in [0.717, 1.165) is 109 Å². The van der Waals surface area contributed by atoms with E-state index in [0.29, 0.717) is 59.0 Å². The van der Waals surface area contributed by atoms with Gasteiger partial charge in [0.1, 0.15) is 11.4 Å². The second-order valence-corrected chi connectivity index (χ2v) is 22.0. The van der Waals surface area contributed by atoms with Crippen LogP contribution in [0, 0.1) is 5.82 Å². The number of hydrogen-bond acceptors (Lipinski definition) is 15. The van der Waals surface area contributed by atoms with E-state index in [1.807, 2.05) is 28.0 Å². The van der Waals surface area contributed by atoms with E-state index in [2.05, 4.69) is 43.9 Å². The molecule has 2 aromatic carbocycles. The van der Waals surface area contributed by atoms with Gasteiger partial charge in [-0.25, -0.2) is 28.4 Å². The van der Waals surface area contributed by atoms with Crippen LogP contribution in [0.4, 0.5) is 75.9 Å². The summed E-state index contributed by atoms with van der Waals surface area (Å²) >= 11 is 0. The zero-order valence-corrected chi connectivity index (χ0v) is 52.5. The summed E-state index contributed by atoms with van der Waals surface area (Å²) in [5.41, 5.74) is 1.81. The number of unbranched alkanes of at least 4 members (excludes halogenated alkanes) is 9. The Morgan fingerprint density at radius 3 is 0.949 bits per heavy atom. The number of alkyl halides is 15. The molecule has 3 aliphatic rings. The summed E-state index contributed by atoms with van der Waals surface area (Å²) in [5, 5.41) is 64.0. The van der Waals surface area contributed by atoms with Crippen molar-refractivity contribution in [1.29, 1.82) is 0 Å². The lowest BCUT2D eigenvalue weighted by Gasteiger charge is -2.43. The fourth-order valence-corrected chi connectivity index (χ4v) is 9.56. The van der Waals surface area contributed by atoms with Gasteiger partial charge < -0.3 is 60.5 Å². The Balaban J connectivity index is 0.00000218. The van der Waals surface area contributed by atoms with Crippen LogP contribution in [0.2, 0.25) is 0 Å². The molecule has 0 aliphatic carbocycles. The van der Waals surface area contributed by atoms with Crippen molar-refractivity contribution >= 4 is 59.3 Å². The van der Waals surface area contributed by atoms with Crippen molar-refractivity contribution in [3.05, 3.63) is 66.0 Å². The number of para-hydroxylation sites is 1. The molecule has 3 aliphatic heterocycles. The molecule has 1 spiro atoms. The van der Waals surface area contributed by atoms with Crippen molar-refractivity contribution in [3.63, 3.8) is 0 Å². The topological polar surface area (TPSA) is 338 Å². The van der Waals surface area contributed by atoms with Crippen LogP contribution in [0.1, 0.15) is 89.0 Å². The third-order valence-electron chi connectivity index (χ3n) is 14.5. The minimum Gasteiger partial charge on any atom is -0.480 e. The number of benzene rings is 2. The lowest BCUT2D eigenvalue weighted by atomic mass is 9.85. The molecule has 0 saturated carbocycles. The maximum Gasteiger partial charge on any atom is 0.490 e. The van der Waals surface area contributed by atoms with E-state index in [9.17, 15) is 105 Å². The molecular formula is C58H79F16N7O17. The van der Waals surface area contributed by atoms with Crippen LogP contribution in [-0.2, 0) is 49.6 Å². The molecule has 1 amide bonds. The highest BCUT2D eigenvalue weighted by Gasteiger charge is 2.53. The Kier molecular flexibility index (Phi) is 40.7. The quantitative estimate of drug-likeness (QED) is 0.0361. The molecule has 0 bridgehead atoms. The Hall–Kier alpha value is -7.85. The second-order valence-electron chi connectivity index (χ2n) is 22.0. The van der Waals surface area contributed by atoms with Crippen LogP contribution in [0.5, 0.6) is 0 Å². The minimum absolute atomic E-state index is 0.104. The number of carboxylic acid groups (broad SMARTS) is 8. The molecular weight excluding hydrogens is 1370 g/mol. The SMILES string of the molecule is O=C(O)C(F)(F)F.O=C(O)C(F)(F)F.O=C(O)C(F)(F)F.O=C(O)C(F)(F)F.O=C(O)C(F)(F)F.O=C(O)CN1CCN(CCCCCCCCCCCN2CN(c3ccccc3)C3(CCN(CCCCc4ccc(F)cc4)CC3)C2=O)CCN(CC(=O)O)CCN(CC(=O)O)CC1. The summed E-state index contributed by atoms with van der Waals surface area (Å²) in [4.78, 5) is 108. The van der Waals surface area contributed by atoms with Crippen molar-refractivity contribution in [2.75, 3.05) is 116 Å². The first kappa shape index (κ1) is 90.2. The number of aliphatic carboxylic acids is 8. The maximum atomic E-state index is 14.2. The Labute approximate surface area is 550 Å². The number of carboxylic acids is 8. The highest BCUT2D eigenvalue weighted by atomic mass is 19.4. The van der Waals surface area contributed by atoms with E-state index in [1.54, 1.807) is 4.90 Å². The summed E-state index contributed by atoms with van der Waals surface area (Å²) in [5.74, 6) is -16.5. The first-order valence-electron chi connectivity index (χ1n) is 29.9. The van der Waals surface area contributed by atoms with Gasteiger partial charge in [-0.3, -0.25) is 33.9 Å². The average Bonchev–Trinajstić information content (AvgIpc) is 1.58. The molecule has 0 unspecified atom stereocenters. The predicted molar refractivity (Wildman–Crippen MR) is 312 cm³/mol. The fraction of sp³-hybridized carbons (Fsp3) is 0.638. The number of rotatable bonds is 24. The van der Waals surface area contributed by atoms with Gasteiger partial charge >= 0.3 is 78.6 Å². The molecule has 5 rings (SSSR count). The first-order chi connectivity index (χ1) is 45.2. The molecule has 0 atom stereocenters. The normalized spacial score (nSPS) is 16.3. The zero-order chi connectivity index (χ0) is 75.3. The summed E-state index contributed by atoms with van der Waals surface area (Å²) in [6.45, 7) is 8.86. The van der Waals surface area contributed by atoms with Crippen molar-refractivity contribution in [1.82, 2.24) is 29.4 Å². The molecule has 40 heteroatoms. The van der Waals surface area contributed by atoms with Crippen molar-refractivity contribution in [2.24, 2.45) is 0 Å². The van der Waals surface area contributed by atoms with Crippen LogP contribution in [0.15, 0.2) is 54.6 Å². The average molecular weight is 1450 g/mol. The highest BCUT2D eigenvalue weighted by molar-refractivity contribution is 5.93. The van der Waals surface area contributed by atoms with Gasteiger partial charge in [0.25, 0.3) is 0 Å².